The lowest BCUT2D eigenvalue weighted by Gasteiger charge is -2.12. The number of benzene rings is 2. The molecule has 0 atom stereocenters. The van der Waals surface area contributed by atoms with Crippen LogP contribution in [0.2, 0.25) is 10.0 Å². The zero-order chi connectivity index (χ0) is 14.0. The molecule has 96 valence electrons. The summed E-state index contributed by atoms with van der Waals surface area (Å²) in [5.41, 5.74) is -0.312. The second-order valence-electron chi connectivity index (χ2n) is 3.65. The van der Waals surface area contributed by atoms with Gasteiger partial charge in [0.25, 0.3) is 0 Å². The molecule has 0 aromatic heterocycles. The summed E-state index contributed by atoms with van der Waals surface area (Å²) in [6.45, 7) is 0. The highest BCUT2D eigenvalue weighted by molar-refractivity contribution is 6.39. The number of hydrogen-bond donors (Lipinski definition) is 1. The number of rotatable bonds is 2. The zero-order valence-electron chi connectivity index (χ0n) is 9.35. The molecule has 0 unspecified atom stereocenters. The van der Waals surface area contributed by atoms with Crippen LogP contribution < -0.4 is 5.32 Å². The number of nitrogens with zero attached hydrogens (tertiary/aromatic N) is 1. The molecule has 19 heavy (non-hydrogen) atoms. The van der Waals surface area contributed by atoms with Crippen molar-refractivity contribution in [2.45, 2.75) is 0 Å². The van der Waals surface area contributed by atoms with Crippen molar-refractivity contribution in [2.75, 3.05) is 5.32 Å². The molecule has 0 radical (unpaired) electrons. The van der Waals surface area contributed by atoms with Crippen molar-refractivity contribution >= 4 is 34.6 Å². The van der Waals surface area contributed by atoms with Gasteiger partial charge in [-0.1, -0.05) is 29.3 Å². The van der Waals surface area contributed by atoms with Gasteiger partial charge in [0.1, 0.15) is 5.69 Å². The third-order valence-electron chi connectivity index (χ3n) is 2.38. The summed E-state index contributed by atoms with van der Waals surface area (Å²) in [6, 6.07) is 8.20. The Morgan fingerprint density at radius 2 is 1.53 bits per heavy atom. The number of para-hydroxylation sites is 1. The largest absolute Gasteiger partial charge is 0.348 e. The van der Waals surface area contributed by atoms with Gasteiger partial charge in [-0.3, -0.25) is 0 Å². The lowest BCUT2D eigenvalue weighted by molar-refractivity contribution is 0.590. The van der Waals surface area contributed by atoms with Gasteiger partial charge in [0.05, 0.1) is 27.4 Å². The van der Waals surface area contributed by atoms with Crippen LogP contribution in [0.25, 0.3) is 0 Å². The van der Waals surface area contributed by atoms with Gasteiger partial charge in [-0.2, -0.15) is 5.26 Å². The van der Waals surface area contributed by atoms with E-state index < -0.39 is 17.3 Å². The maximum absolute atomic E-state index is 13.7. The summed E-state index contributed by atoms with van der Waals surface area (Å²) < 4.78 is 27.4. The highest BCUT2D eigenvalue weighted by Crippen LogP contribution is 2.34. The van der Waals surface area contributed by atoms with Gasteiger partial charge < -0.3 is 5.32 Å². The fraction of sp³-hybridized carbons (Fsp3) is 0. The molecular weight excluding hydrogens is 293 g/mol. The first kappa shape index (κ1) is 13.6. The Kier molecular flexibility index (Phi) is 3.89. The van der Waals surface area contributed by atoms with Crippen molar-refractivity contribution < 1.29 is 8.78 Å². The Bertz CT molecular complexity index is 638. The first-order valence-electron chi connectivity index (χ1n) is 5.13. The molecule has 0 bridgehead atoms. The Hall–Kier alpha value is -1.83. The van der Waals surface area contributed by atoms with Crippen LogP contribution in [0.3, 0.4) is 0 Å². The van der Waals surface area contributed by atoms with E-state index in [-0.39, 0.29) is 21.3 Å². The van der Waals surface area contributed by atoms with Crippen LogP contribution in [-0.2, 0) is 0 Å². The lowest BCUT2D eigenvalue weighted by Crippen LogP contribution is -1.99. The van der Waals surface area contributed by atoms with Gasteiger partial charge in [0, 0.05) is 0 Å². The fourth-order valence-corrected chi connectivity index (χ4v) is 1.99. The molecule has 0 amide bonds. The normalized spacial score (nSPS) is 10.1. The average Bonchev–Trinajstić information content (AvgIpc) is 2.36. The molecule has 2 aromatic carbocycles. The first-order valence-corrected chi connectivity index (χ1v) is 5.88. The van der Waals surface area contributed by atoms with E-state index in [1.54, 1.807) is 12.1 Å². The molecule has 0 saturated heterocycles. The van der Waals surface area contributed by atoms with Crippen molar-refractivity contribution in [2.24, 2.45) is 0 Å². The van der Waals surface area contributed by atoms with E-state index in [0.29, 0.717) is 0 Å². The Labute approximate surface area is 118 Å². The molecule has 0 aliphatic carbocycles. The SMILES string of the molecule is N#Cc1cc(F)c(Nc2c(Cl)cccc2Cl)c(F)c1. The van der Waals surface area contributed by atoms with E-state index in [1.165, 1.54) is 12.1 Å². The maximum atomic E-state index is 13.7. The quantitative estimate of drug-likeness (QED) is 0.857. The van der Waals surface area contributed by atoms with Crippen molar-refractivity contribution in [3.05, 3.63) is 57.6 Å². The summed E-state index contributed by atoms with van der Waals surface area (Å²) in [7, 11) is 0. The van der Waals surface area contributed by atoms with E-state index in [9.17, 15) is 8.78 Å². The van der Waals surface area contributed by atoms with Crippen LogP contribution >= 0.6 is 23.2 Å². The number of nitriles is 1. The molecule has 2 rings (SSSR count). The van der Waals surface area contributed by atoms with Crippen LogP contribution in [0, 0.1) is 23.0 Å². The molecule has 0 saturated carbocycles. The fourth-order valence-electron chi connectivity index (χ4n) is 1.50. The summed E-state index contributed by atoms with van der Waals surface area (Å²) >= 11 is 11.8. The monoisotopic (exact) mass is 298 g/mol. The second-order valence-corrected chi connectivity index (χ2v) is 4.46. The average molecular weight is 299 g/mol. The number of halogens is 4. The molecule has 1 N–H and O–H groups in total. The minimum Gasteiger partial charge on any atom is -0.348 e. The first-order chi connectivity index (χ1) is 9.02. The van der Waals surface area contributed by atoms with Crippen LogP contribution in [0.1, 0.15) is 5.56 Å². The van der Waals surface area contributed by atoms with Gasteiger partial charge in [-0.15, -0.1) is 0 Å². The van der Waals surface area contributed by atoms with Crippen molar-refractivity contribution in [3.8, 4) is 6.07 Å². The van der Waals surface area contributed by atoms with Crippen molar-refractivity contribution in [1.29, 1.82) is 5.26 Å². The van der Waals surface area contributed by atoms with E-state index in [1.807, 2.05) is 0 Å². The standard InChI is InChI=1S/C13H6Cl2F2N2/c14-8-2-1-3-9(15)12(8)19-13-10(16)4-7(6-18)5-11(13)17/h1-5,19H. The van der Waals surface area contributed by atoms with E-state index in [0.717, 1.165) is 12.1 Å². The maximum Gasteiger partial charge on any atom is 0.150 e. The second kappa shape index (κ2) is 5.43. The molecule has 2 aromatic rings. The Morgan fingerprint density at radius 1 is 1.00 bits per heavy atom. The third-order valence-corrected chi connectivity index (χ3v) is 3.01. The van der Waals surface area contributed by atoms with Crippen molar-refractivity contribution in [1.82, 2.24) is 0 Å². The topological polar surface area (TPSA) is 35.8 Å². The highest BCUT2D eigenvalue weighted by atomic mass is 35.5. The molecule has 0 heterocycles. The lowest BCUT2D eigenvalue weighted by atomic mass is 10.2. The predicted molar refractivity (Wildman–Crippen MR) is 70.8 cm³/mol. The van der Waals surface area contributed by atoms with Crippen LogP contribution in [0.15, 0.2) is 30.3 Å². The molecule has 0 aliphatic rings. The summed E-state index contributed by atoms with van der Waals surface area (Å²) in [5, 5.41) is 11.6. The van der Waals surface area contributed by atoms with Crippen LogP contribution in [0.4, 0.5) is 20.2 Å². The summed E-state index contributed by atoms with van der Waals surface area (Å²) in [6.07, 6.45) is 0. The molecule has 6 heteroatoms. The van der Waals surface area contributed by atoms with Crippen LogP contribution in [0.5, 0.6) is 0 Å². The van der Waals surface area contributed by atoms with Gasteiger partial charge in [-0.05, 0) is 24.3 Å². The molecular formula is C13H6Cl2F2N2. The Morgan fingerprint density at radius 3 is 2.00 bits per heavy atom. The minimum atomic E-state index is -0.896. The van der Waals surface area contributed by atoms with E-state index >= 15 is 0 Å². The zero-order valence-corrected chi connectivity index (χ0v) is 10.9. The smallest absolute Gasteiger partial charge is 0.150 e. The highest BCUT2D eigenvalue weighted by Gasteiger charge is 2.14. The molecule has 0 spiro atoms. The summed E-state index contributed by atoms with van der Waals surface area (Å²) in [4.78, 5) is 0. The molecule has 0 aliphatic heterocycles. The minimum absolute atomic E-state index is 0.106. The van der Waals surface area contributed by atoms with Crippen molar-refractivity contribution in [3.63, 3.8) is 0 Å². The van der Waals surface area contributed by atoms with Gasteiger partial charge in [0.2, 0.25) is 0 Å². The third kappa shape index (κ3) is 2.78. The van der Waals surface area contributed by atoms with Gasteiger partial charge >= 0.3 is 0 Å². The van der Waals surface area contributed by atoms with Crippen LogP contribution in [-0.4, -0.2) is 0 Å². The molecule has 0 fully saturated rings. The summed E-state index contributed by atoms with van der Waals surface area (Å²) in [5.74, 6) is -1.79. The Balaban J connectivity index is 2.48. The van der Waals surface area contributed by atoms with E-state index in [4.69, 9.17) is 28.5 Å². The van der Waals surface area contributed by atoms with E-state index in [2.05, 4.69) is 5.32 Å². The van der Waals surface area contributed by atoms with Gasteiger partial charge in [0.15, 0.2) is 11.6 Å². The predicted octanol–water partition coefficient (Wildman–Crippen LogP) is 4.89. The molecule has 2 nitrogen and oxygen atoms in total. The number of anilines is 2. The van der Waals surface area contributed by atoms with Gasteiger partial charge in [-0.25, -0.2) is 8.78 Å². The number of hydrogen-bond acceptors (Lipinski definition) is 2. The number of nitrogens with one attached hydrogen (secondary N) is 1.